The van der Waals surface area contributed by atoms with Crippen molar-refractivity contribution in [2.75, 3.05) is 5.32 Å². The second-order valence-electron chi connectivity index (χ2n) is 7.33. The summed E-state index contributed by atoms with van der Waals surface area (Å²) in [6, 6.07) is 6.04. The number of nitrogens with one attached hydrogen (secondary N) is 2. The first-order valence-corrected chi connectivity index (χ1v) is 10.7. The number of anilines is 1. The van der Waals surface area contributed by atoms with Crippen molar-refractivity contribution < 1.29 is 14.4 Å². The Morgan fingerprint density at radius 1 is 1.29 bits per heavy atom. The molecule has 1 fully saturated rings. The van der Waals surface area contributed by atoms with Gasteiger partial charge in [-0.05, 0) is 32.4 Å². The Kier molecular flexibility index (Phi) is 4.67. The van der Waals surface area contributed by atoms with E-state index < -0.39 is 16.8 Å². The SMILES string of the molecule is C[C@H](NC(=O)[C@H]1N2C(=O)c3ccccc3[C@@H]2SC1(C)C)C(=O)Nc1nccs1. The number of carbonyl (C=O) groups is 3. The number of hydrogen-bond donors (Lipinski definition) is 2. The molecule has 28 heavy (non-hydrogen) atoms. The van der Waals surface area contributed by atoms with Crippen LogP contribution in [0.5, 0.6) is 0 Å². The van der Waals surface area contributed by atoms with Crippen LogP contribution in [0.25, 0.3) is 0 Å². The van der Waals surface area contributed by atoms with E-state index >= 15 is 0 Å². The van der Waals surface area contributed by atoms with Crippen molar-refractivity contribution in [2.24, 2.45) is 0 Å². The van der Waals surface area contributed by atoms with E-state index in [1.807, 2.05) is 32.0 Å². The summed E-state index contributed by atoms with van der Waals surface area (Å²) < 4.78 is -0.483. The van der Waals surface area contributed by atoms with Gasteiger partial charge < -0.3 is 15.5 Å². The van der Waals surface area contributed by atoms with E-state index in [0.717, 1.165) is 5.56 Å². The van der Waals surface area contributed by atoms with Crippen LogP contribution in [-0.2, 0) is 9.59 Å². The molecular formula is C19H20N4O3S2. The third-order valence-corrected chi connectivity index (χ3v) is 7.18. The van der Waals surface area contributed by atoms with Crippen LogP contribution in [0.15, 0.2) is 35.8 Å². The van der Waals surface area contributed by atoms with Crippen LogP contribution in [0.1, 0.15) is 42.1 Å². The molecule has 0 unspecified atom stereocenters. The van der Waals surface area contributed by atoms with Crippen LogP contribution in [0.3, 0.4) is 0 Å². The number of fused-ring (bicyclic) bond motifs is 3. The first kappa shape index (κ1) is 18.9. The van der Waals surface area contributed by atoms with Gasteiger partial charge in [-0.15, -0.1) is 23.1 Å². The van der Waals surface area contributed by atoms with Crippen molar-refractivity contribution in [1.29, 1.82) is 0 Å². The molecule has 0 radical (unpaired) electrons. The summed E-state index contributed by atoms with van der Waals surface area (Å²) in [5.41, 5.74) is 1.58. The Labute approximate surface area is 170 Å². The van der Waals surface area contributed by atoms with Gasteiger partial charge in [-0.1, -0.05) is 18.2 Å². The average molecular weight is 417 g/mol. The van der Waals surface area contributed by atoms with E-state index in [2.05, 4.69) is 15.6 Å². The zero-order chi connectivity index (χ0) is 20.1. The lowest BCUT2D eigenvalue weighted by atomic mass is 10.0. The molecule has 3 amide bonds. The molecule has 0 spiro atoms. The minimum atomic E-state index is -0.753. The fourth-order valence-corrected chi connectivity index (χ4v) is 5.78. The van der Waals surface area contributed by atoms with Crippen LogP contribution < -0.4 is 10.6 Å². The van der Waals surface area contributed by atoms with E-state index in [0.29, 0.717) is 10.7 Å². The molecule has 0 bridgehead atoms. The number of hydrogen-bond acceptors (Lipinski definition) is 6. The van der Waals surface area contributed by atoms with Gasteiger partial charge in [-0.3, -0.25) is 14.4 Å². The van der Waals surface area contributed by atoms with Gasteiger partial charge in [-0.25, -0.2) is 4.98 Å². The standard InChI is InChI=1S/C19H20N4O3S2/c1-10(14(24)22-18-20-8-9-27-18)21-15(25)13-19(2,3)28-17-12-7-5-4-6-11(12)16(26)23(13)17/h4-10,13,17H,1-3H3,(H,21,25)(H,20,22,24)/t10-,13+,17-/m0/s1. The monoisotopic (exact) mass is 416 g/mol. The van der Waals surface area contributed by atoms with Gasteiger partial charge in [0.2, 0.25) is 11.8 Å². The predicted molar refractivity (Wildman–Crippen MR) is 109 cm³/mol. The van der Waals surface area contributed by atoms with E-state index in [-0.39, 0.29) is 23.1 Å². The summed E-state index contributed by atoms with van der Waals surface area (Å²) in [6.45, 7) is 5.53. The van der Waals surface area contributed by atoms with E-state index in [1.54, 1.807) is 41.2 Å². The molecule has 146 valence electrons. The number of benzene rings is 1. The summed E-state index contributed by atoms with van der Waals surface area (Å²) >= 11 is 2.90. The largest absolute Gasteiger partial charge is 0.343 e. The maximum Gasteiger partial charge on any atom is 0.256 e. The Balaban J connectivity index is 1.52. The second-order valence-corrected chi connectivity index (χ2v) is 9.96. The van der Waals surface area contributed by atoms with Crippen LogP contribution >= 0.6 is 23.1 Å². The summed E-state index contributed by atoms with van der Waals surface area (Å²) in [5.74, 6) is -0.819. The normalized spacial score (nSPS) is 23.1. The number of thioether (sulfide) groups is 1. The lowest BCUT2D eigenvalue weighted by molar-refractivity contribution is -0.129. The molecule has 0 saturated carbocycles. The number of carbonyl (C=O) groups excluding carboxylic acids is 3. The van der Waals surface area contributed by atoms with Crippen molar-refractivity contribution in [1.82, 2.24) is 15.2 Å². The molecule has 2 aliphatic heterocycles. The lowest BCUT2D eigenvalue weighted by Gasteiger charge is -2.30. The molecule has 1 saturated heterocycles. The smallest absolute Gasteiger partial charge is 0.256 e. The quantitative estimate of drug-likeness (QED) is 0.800. The first-order chi connectivity index (χ1) is 13.3. The fraction of sp³-hybridized carbons (Fsp3) is 0.368. The second kappa shape index (κ2) is 6.89. The van der Waals surface area contributed by atoms with Gasteiger partial charge in [-0.2, -0.15) is 0 Å². The van der Waals surface area contributed by atoms with E-state index in [4.69, 9.17) is 0 Å². The highest BCUT2D eigenvalue weighted by atomic mass is 32.2. The summed E-state index contributed by atoms with van der Waals surface area (Å²) in [4.78, 5) is 44.1. The summed E-state index contributed by atoms with van der Waals surface area (Å²) in [6.07, 6.45) is 1.60. The zero-order valence-electron chi connectivity index (χ0n) is 15.6. The maximum absolute atomic E-state index is 13.1. The van der Waals surface area contributed by atoms with Crippen molar-refractivity contribution in [2.45, 2.75) is 43.0 Å². The molecule has 9 heteroatoms. The van der Waals surface area contributed by atoms with Gasteiger partial charge in [0.25, 0.3) is 5.91 Å². The Morgan fingerprint density at radius 2 is 2.04 bits per heavy atom. The summed E-state index contributed by atoms with van der Waals surface area (Å²) in [5, 5.41) is 7.50. The van der Waals surface area contributed by atoms with Crippen molar-refractivity contribution in [3.8, 4) is 0 Å². The van der Waals surface area contributed by atoms with Gasteiger partial charge >= 0.3 is 0 Å². The van der Waals surface area contributed by atoms with Gasteiger partial charge in [0.15, 0.2) is 5.13 Å². The van der Waals surface area contributed by atoms with Gasteiger partial charge in [0, 0.05) is 21.9 Å². The molecule has 1 aromatic heterocycles. The molecule has 2 N–H and O–H groups in total. The summed E-state index contributed by atoms with van der Waals surface area (Å²) in [7, 11) is 0. The molecule has 3 heterocycles. The van der Waals surface area contributed by atoms with Crippen molar-refractivity contribution in [3.63, 3.8) is 0 Å². The average Bonchev–Trinajstić information content (AvgIpc) is 3.31. The van der Waals surface area contributed by atoms with E-state index in [1.165, 1.54) is 11.3 Å². The molecule has 2 aromatic rings. The molecule has 2 aliphatic rings. The maximum atomic E-state index is 13.1. The van der Waals surface area contributed by atoms with Crippen molar-refractivity contribution in [3.05, 3.63) is 47.0 Å². The number of thiazole rings is 1. The zero-order valence-corrected chi connectivity index (χ0v) is 17.3. The third kappa shape index (κ3) is 3.08. The van der Waals surface area contributed by atoms with Gasteiger partial charge in [0.05, 0.1) is 0 Å². The van der Waals surface area contributed by atoms with Crippen LogP contribution in [0.2, 0.25) is 0 Å². The minimum absolute atomic E-state index is 0.140. The molecule has 1 aromatic carbocycles. The minimum Gasteiger partial charge on any atom is -0.343 e. The molecule has 4 rings (SSSR count). The lowest BCUT2D eigenvalue weighted by Crippen LogP contribution is -2.55. The highest BCUT2D eigenvalue weighted by Crippen LogP contribution is 2.56. The topological polar surface area (TPSA) is 91.4 Å². The number of nitrogens with zero attached hydrogens (tertiary/aromatic N) is 2. The van der Waals surface area contributed by atoms with Crippen LogP contribution in [-0.4, -0.2) is 44.4 Å². The number of rotatable bonds is 4. The molecule has 3 atom stereocenters. The number of aromatic nitrogens is 1. The Morgan fingerprint density at radius 3 is 2.75 bits per heavy atom. The highest BCUT2D eigenvalue weighted by molar-refractivity contribution is 8.01. The Hall–Kier alpha value is -2.39. The van der Waals surface area contributed by atoms with E-state index in [9.17, 15) is 14.4 Å². The highest BCUT2D eigenvalue weighted by Gasteiger charge is 2.57. The number of amides is 3. The molecule has 0 aliphatic carbocycles. The molecular weight excluding hydrogens is 396 g/mol. The van der Waals surface area contributed by atoms with Crippen molar-refractivity contribution >= 4 is 46.0 Å². The Bertz CT molecular complexity index is 944. The molecule has 7 nitrogen and oxygen atoms in total. The van der Waals surface area contributed by atoms with Gasteiger partial charge in [0.1, 0.15) is 17.5 Å². The third-order valence-electron chi connectivity index (χ3n) is 4.96. The fourth-order valence-electron chi connectivity index (χ4n) is 3.66. The first-order valence-electron chi connectivity index (χ1n) is 8.90. The van der Waals surface area contributed by atoms with Crippen LogP contribution in [0.4, 0.5) is 5.13 Å². The predicted octanol–water partition coefficient (Wildman–Crippen LogP) is 2.63. The van der Waals surface area contributed by atoms with Crippen LogP contribution in [0, 0.1) is 0 Å².